The molecule has 0 spiro atoms. The number of nitrogens with two attached hydrogens (primary N) is 1. The van der Waals surface area contributed by atoms with Crippen LogP contribution < -0.4 is 10.5 Å². The summed E-state index contributed by atoms with van der Waals surface area (Å²) in [5.41, 5.74) is 7.12. The summed E-state index contributed by atoms with van der Waals surface area (Å²) in [5.74, 6) is 0.836. The third-order valence-corrected chi connectivity index (χ3v) is 3.86. The van der Waals surface area contributed by atoms with Crippen molar-refractivity contribution in [2.75, 3.05) is 20.8 Å². The van der Waals surface area contributed by atoms with Gasteiger partial charge in [0.2, 0.25) is 0 Å². The van der Waals surface area contributed by atoms with E-state index in [2.05, 4.69) is 20.8 Å². The van der Waals surface area contributed by atoms with Gasteiger partial charge in [0.1, 0.15) is 5.75 Å². The summed E-state index contributed by atoms with van der Waals surface area (Å²) in [5, 5.41) is 0. The van der Waals surface area contributed by atoms with Gasteiger partial charge in [-0.2, -0.15) is 0 Å². The molecule has 0 heterocycles. The first-order chi connectivity index (χ1) is 9.93. The van der Waals surface area contributed by atoms with Gasteiger partial charge in [-0.1, -0.05) is 19.1 Å². The van der Waals surface area contributed by atoms with Gasteiger partial charge in [0, 0.05) is 13.2 Å². The maximum Gasteiger partial charge on any atom is 0.118 e. The maximum atomic E-state index is 6.21. The van der Waals surface area contributed by atoms with Gasteiger partial charge < -0.3 is 19.9 Å². The molecule has 0 amide bonds. The first-order valence-corrected chi connectivity index (χ1v) is 7.49. The standard InChI is InChI=1S/C17H29NO3/c1-6-15(18)16(21-12-11-17(2,3)20-5)13-7-9-14(19-4)10-8-13/h7-10,15-16H,6,11-12,18H2,1-5H3. The Balaban J connectivity index is 2.71. The first-order valence-electron chi connectivity index (χ1n) is 7.49. The van der Waals surface area contributed by atoms with Gasteiger partial charge in [-0.05, 0) is 44.4 Å². The summed E-state index contributed by atoms with van der Waals surface area (Å²) in [6, 6.07) is 7.88. The molecule has 4 nitrogen and oxygen atoms in total. The molecule has 21 heavy (non-hydrogen) atoms. The number of methoxy groups -OCH3 is 2. The van der Waals surface area contributed by atoms with E-state index in [1.807, 2.05) is 24.3 Å². The number of hydrogen-bond acceptors (Lipinski definition) is 4. The Morgan fingerprint density at radius 3 is 2.24 bits per heavy atom. The van der Waals surface area contributed by atoms with Crippen LogP contribution in [0.4, 0.5) is 0 Å². The zero-order valence-electron chi connectivity index (χ0n) is 13.9. The molecule has 0 aliphatic carbocycles. The second kappa shape index (κ2) is 8.37. The fourth-order valence-corrected chi connectivity index (χ4v) is 2.01. The lowest BCUT2D eigenvalue weighted by atomic mass is 10.0. The Morgan fingerprint density at radius 1 is 1.14 bits per heavy atom. The largest absolute Gasteiger partial charge is 0.497 e. The van der Waals surface area contributed by atoms with Gasteiger partial charge in [0.25, 0.3) is 0 Å². The summed E-state index contributed by atoms with van der Waals surface area (Å²) in [4.78, 5) is 0. The van der Waals surface area contributed by atoms with E-state index in [0.29, 0.717) is 6.61 Å². The predicted octanol–water partition coefficient (Wildman–Crippen LogP) is 3.31. The molecule has 4 heteroatoms. The number of ether oxygens (including phenoxy) is 3. The average molecular weight is 295 g/mol. The fraction of sp³-hybridized carbons (Fsp3) is 0.647. The molecule has 0 aromatic heterocycles. The minimum absolute atomic E-state index is 0.0240. The quantitative estimate of drug-likeness (QED) is 0.759. The van der Waals surface area contributed by atoms with Crippen molar-refractivity contribution < 1.29 is 14.2 Å². The van der Waals surface area contributed by atoms with Gasteiger partial charge in [-0.25, -0.2) is 0 Å². The van der Waals surface area contributed by atoms with Gasteiger partial charge >= 0.3 is 0 Å². The second-order valence-corrected chi connectivity index (χ2v) is 5.85. The Morgan fingerprint density at radius 2 is 1.76 bits per heavy atom. The zero-order chi connectivity index (χ0) is 15.9. The van der Waals surface area contributed by atoms with E-state index in [0.717, 1.165) is 24.2 Å². The van der Waals surface area contributed by atoms with Crippen molar-refractivity contribution in [3.63, 3.8) is 0 Å². The van der Waals surface area contributed by atoms with Crippen LogP contribution in [0.15, 0.2) is 24.3 Å². The Kier molecular flexibility index (Phi) is 7.15. The van der Waals surface area contributed by atoms with Crippen LogP contribution in [0.5, 0.6) is 5.75 Å². The lowest BCUT2D eigenvalue weighted by Gasteiger charge is -2.27. The molecule has 2 N–H and O–H groups in total. The Labute approximate surface area is 128 Å². The van der Waals surface area contributed by atoms with Crippen molar-refractivity contribution >= 4 is 0 Å². The Bertz CT molecular complexity index is 403. The lowest BCUT2D eigenvalue weighted by Crippen LogP contribution is -2.31. The van der Waals surface area contributed by atoms with Gasteiger partial charge in [0.05, 0.1) is 25.4 Å². The highest BCUT2D eigenvalue weighted by Crippen LogP contribution is 2.25. The Hall–Kier alpha value is -1.10. The normalized spacial score (nSPS) is 14.8. The molecule has 0 fully saturated rings. The molecule has 1 rings (SSSR count). The SMILES string of the molecule is CCC(N)C(OCCC(C)(C)OC)c1ccc(OC)cc1. The van der Waals surface area contributed by atoms with Crippen LogP contribution in [-0.2, 0) is 9.47 Å². The predicted molar refractivity (Wildman–Crippen MR) is 85.7 cm³/mol. The molecule has 0 aliphatic rings. The van der Waals surface area contributed by atoms with E-state index in [1.54, 1.807) is 14.2 Å². The molecule has 0 radical (unpaired) electrons. The maximum absolute atomic E-state index is 6.21. The van der Waals surface area contributed by atoms with Crippen LogP contribution in [0.1, 0.15) is 45.3 Å². The van der Waals surface area contributed by atoms with Crippen LogP contribution in [0, 0.1) is 0 Å². The van der Waals surface area contributed by atoms with E-state index in [1.165, 1.54) is 0 Å². The molecule has 1 aromatic carbocycles. The number of benzene rings is 1. The third kappa shape index (κ3) is 5.65. The van der Waals surface area contributed by atoms with E-state index >= 15 is 0 Å². The minimum Gasteiger partial charge on any atom is -0.497 e. The molecule has 0 bridgehead atoms. The smallest absolute Gasteiger partial charge is 0.118 e. The van der Waals surface area contributed by atoms with Crippen molar-refractivity contribution in [3.8, 4) is 5.75 Å². The number of hydrogen-bond donors (Lipinski definition) is 1. The van der Waals surface area contributed by atoms with E-state index < -0.39 is 0 Å². The highest BCUT2D eigenvalue weighted by molar-refractivity contribution is 5.29. The fourth-order valence-electron chi connectivity index (χ4n) is 2.01. The first kappa shape index (κ1) is 18.0. The molecular weight excluding hydrogens is 266 g/mol. The van der Waals surface area contributed by atoms with Gasteiger partial charge in [-0.15, -0.1) is 0 Å². The van der Waals surface area contributed by atoms with Crippen LogP contribution in [0.3, 0.4) is 0 Å². The average Bonchev–Trinajstić information content (AvgIpc) is 2.51. The zero-order valence-corrected chi connectivity index (χ0v) is 13.9. The summed E-state index contributed by atoms with van der Waals surface area (Å²) in [6.07, 6.45) is 1.59. The minimum atomic E-state index is -0.180. The third-order valence-electron chi connectivity index (χ3n) is 3.86. The van der Waals surface area contributed by atoms with Crippen LogP contribution in [0.25, 0.3) is 0 Å². The van der Waals surface area contributed by atoms with Crippen LogP contribution in [-0.4, -0.2) is 32.5 Å². The van der Waals surface area contributed by atoms with Crippen molar-refractivity contribution in [1.29, 1.82) is 0 Å². The number of rotatable bonds is 9. The summed E-state index contributed by atoms with van der Waals surface area (Å²) < 4.78 is 16.6. The molecule has 0 aliphatic heterocycles. The molecular formula is C17H29NO3. The van der Waals surface area contributed by atoms with Crippen molar-refractivity contribution in [3.05, 3.63) is 29.8 Å². The molecule has 120 valence electrons. The van der Waals surface area contributed by atoms with Crippen molar-refractivity contribution in [1.82, 2.24) is 0 Å². The van der Waals surface area contributed by atoms with Gasteiger partial charge in [-0.3, -0.25) is 0 Å². The van der Waals surface area contributed by atoms with Crippen molar-refractivity contribution in [2.45, 2.75) is 51.4 Å². The highest BCUT2D eigenvalue weighted by Gasteiger charge is 2.22. The topological polar surface area (TPSA) is 53.7 Å². The van der Waals surface area contributed by atoms with Crippen LogP contribution >= 0.6 is 0 Å². The summed E-state index contributed by atoms with van der Waals surface area (Å²) >= 11 is 0. The molecule has 2 atom stereocenters. The molecule has 2 unspecified atom stereocenters. The summed E-state index contributed by atoms with van der Waals surface area (Å²) in [7, 11) is 3.38. The molecule has 1 aromatic rings. The van der Waals surface area contributed by atoms with Gasteiger partial charge in [0.15, 0.2) is 0 Å². The monoisotopic (exact) mass is 295 g/mol. The van der Waals surface area contributed by atoms with E-state index in [4.69, 9.17) is 19.9 Å². The molecule has 0 saturated carbocycles. The van der Waals surface area contributed by atoms with Crippen molar-refractivity contribution in [2.24, 2.45) is 5.73 Å². The second-order valence-electron chi connectivity index (χ2n) is 5.85. The lowest BCUT2D eigenvalue weighted by molar-refractivity contribution is -0.0332. The molecule has 0 saturated heterocycles. The van der Waals surface area contributed by atoms with E-state index in [-0.39, 0.29) is 17.7 Å². The highest BCUT2D eigenvalue weighted by atomic mass is 16.5. The van der Waals surface area contributed by atoms with Crippen LogP contribution in [0.2, 0.25) is 0 Å². The van der Waals surface area contributed by atoms with E-state index in [9.17, 15) is 0 Å². The summed E-state index contributed by atoms with van der Waals surface area (Å²) in [6.45, 7) is 6.80.